The zero-order valence-corrected chi connectivity index (χ0v) is 22.9. The Bertz CT molecular complexity index is 1300. The molecule has 0 saturated heterocycles. The summed E-state index contributed by atoms with van der Waals surface area (Å²) >= 11 is 5.93. The highest BCUT2D eigenvalue weighted by atomic mass is 35.5. The third kappa shape index (κ3) is 6.86. The minimum absolute atomic E-state index is 0.0283. The fourth-order valence-electron chi connectivity index (χ4n) is 4.28. The smallest absolute Gasteiger partial charge is 0.277 e. The number of carbonyl (C=O) groups excluding carboxylic acids is 2. The number of nitrogens with two attached hydrogens (primary N) is 2. The molecule has 11 nitrogen and oxygen atoms in total. The number of nitrogens with zero attached hydrogens (tertiary/aromatic N) is 5. The second-order valence-corrected chi connectivity index (χ2v) is 10.2. The fourth-order valence-corrected chi connectivity index (χ4v) is 4.40. The van der Waals surface area contributed by atoms with Crippen molar-refractivity contribution in [3.63, 3.8) is 0 Å². The number of anilines is 2. The molecule has 1 amide bonds. The normalized spacial score (nSPS) is 11.6. The lowest BCUT2D eigenvalue weighted by Gasteiger charge is -2.22. The summed E-state index contributed by atoms with van der Waals surface area (Å²) in [7, 11) is 6.02. The fraction of sp³-hybridized carbons (Fsp3) is 0.480. The number of carbonyl (C=O) groups is 2. The van der Waals surface area contributed by atoms with Crippen LogP contribution in [0.3, 0.4) is 0 Å². The standard InChI is InChI=1S/C25H36ClN8O3/c1-6-32-18-11-10-17(37-12-8-9-16(35)15-34(3,4)5)13-19(18)33(7-2)20(32)14-29-25(36)21-23(27)31-24(28)22(26)30-21/h10-11,13H,6-9,12,14-15H2,1-5H3,(H4-,27,28,29,31,36)/q+1/p+1. The number of aryl methyl sites for hydroxylation is 2. The lowest BCUT2D eigenvalue weighted by Crippen LogP contribution is -2.40. The molecule has 2 heterocycles. The first kappa shape index (κ1) is 28.1. The quantitative estimate of drug-likeness (QED) is 0.184. The first-order valence-electron chi connectivity index (χ1n) is 12.3. The average Bonchev–Trinajstić information content (AvgIpc) is 3.13. The van der Waals surface area contributed by atoms with Gasteiger partial charge in [-0.3, -0.25) is 9.59 Å². The molecule has 2 aromatic heterocycles. The van der Waals surface area contributed by atoms with Crippen LogP contribution in [-0.2, 0) is 24.4 Å². The number of Topliss-reactive ketones (excluding diaryl/α,β-unsaturated/α-hetero) is 1. The number of aromatic nitrogens is 4. The summed E-state index contributed by atoms with van der Waals surface area (Å²) in [6, 6.07) is 5.93. The molecule has 0 atom stereocenters. The van der Waals surface area contributed by atoms with E-state index in [0.717, 1.165) is 22.6 Å². The third-order valence-corrected chi connectivity index (χ3v) is 6.11. The molecule has 3 aromatic rings. The van der Waals surface area contributed by atoms with Crippen molar-refractivity contribution >= 4 is 46.0 Å². The monoisotopic (exact) mass is 532 g/mol. The Morgan fingerprint density at radius 3 is 2.54 bits per heavy atom. The highest BCUT2D eigenvalue weighted by Crippen LogP contribution is 2.22. The predicted octanol–water partition coefficient (Wildman–Crippen LogP) is 1.94. The van der Waals surface area contributed by atoms with E-state index in [1.807, 2.05) is 53.2 Å². The van der Waals surface area contributed by atoms with E-state index in [9.17, 15) is 9.59 Å². The van der Waals surface area contributed by atoms with E-state index in [1.54, 1.807) is 0 Å². The van der Waals surface area contributed by atoms with Gasteiger partial charge in [0.05, 0.1) is 40.8 Å². The zero-order chi connectivity index (χ0) is 27.3. The van der Waals surface area contributed by atoms with E-state index >= 15 is 0 Å². The molecule has 3 rings (SSSR count). The van der Waals surface area contributed by atoms with Crippen LogP contribution < -0.4 is 26.1 Å². The van der Waals surface area contributed by atoms with Crippen LogP contribution in [0.5, 0.6) is 5.75 Å². The number of fused-ring (bicyclic) bond motifs is 1. The molecule has 200 valence electrons. The minimum Gasteiger partial charge on any atom is -0.493 e. The van der Waals surface area contributed by atoms with Gasteiger partial charge in [0.1, 0.15) is 18.8 Å². The maximum atomic E-state index is 12.8. The number of hydrogen-bond acceptors (Lipinski definition) is 7. The van der Waals surface area contributed by atoms with Gasteiger partial charge in [-0.1, -0.05) is 11.6 Å². The van der Waals surface area contributed by atoms with E-state index in [-0.39, 0.29) is 34.8 Å². The number of quaternary nitrogens is 1. The van der Waals surface area contributed by atoms with Crippen molar-refractivity contribution < 1.29 is 23.4 Å². The third-order valence-electron chi connectivity index (χ3n) is 5.83. The summed E-state index contributed by atoms with van der Waals surface area (Å²) in [5, 5.41) is 2.80. The lowest BCUT2D eigenvalue weighted by atomic mass is 10.2. The largest absolute Gasteiger partial charge is 0.493 e. The first-order valence-corrected chi connectivity index (χ1v) is 12.7. The Balaban J connectivity index is 1.75. The van der Waals surface area contributed by atoms with Crippen LogP contribution in [0.4, 0.5) is 11.6 Å². The molecule has 0 spiro atoms. The Morgan fingerprint density at radius 1 is 1.16 bits per heavy atom. The van der Waals surface area contributed by atoms with Crippen molar-refractivity contribution in [3.05, 3.63) is 34.9 Å². The summed E-state index contributed by atoms with van der Waals surface area (Å²) in [6.45, 7) is 6.70. The number of nitrogen functional groups attached to an aromatic ring is 2. The van der Waals surface area contributed by atoms with Crippen LogP contribution in [0.25, 0.3) is 11.0 Å². The maximum Gasteiger partial charge on any atom is 0.277 e. The molecule has 0 fully saturated rings. The number of halogens is 1. The number of rotatable bonds is 12. The number of nitrogens with one attached hydrogen (secondary N) is 1. The number of amides is 1. The van der Waals surface area contributed by atoms with Crippen LogP contribution in [0.2, 0.25) is 5.15 Å². The summed E-state index contributed by atoms with van der Waals surface area (Å²) < 4.78 is 10.9. The van der Waals surface area contributed by atoms with Crippen molar-refractivity contribution in [2.45, 2.75) is 46.3 Å². The number of benzene rings is 1. The molecule has 0 radical (unpaired) electrons. The van der Waals surface area contributed by atoms with Crippen molar-refractivity contribution in [3.8, 4) is 5.75 Å². The van der Waals surface area contributed by atoms with Gasteiger partial charge in [0.25, 0.3) is 11.7 Å². The average molecular weight is 533 g/mol. The lowest BCUT2D eigenvalue weighted by molar-refractivity contribution is -0.862. The SMILES string of the molecule is CCn1c(CNC(=O)c2nc(Cl)c(N)nc2N)[n+](CC)c2ccc(OCCCC(=O)C[N+](C)(C)C)cc21. The molecular weight excluding hydrogens is 496 g/mol. The first-order chi connectivity index (χ1) is 17.4. The number of hydrogen-bond donors (Lipinski definition) is 3. The minimum atomic E-state index is -0.494. The van der Waals surface area contributed by atoms with E-state index in [2.05, 4.69) is 24.4 Å². The molecule has 0 bridgehead atoms. The molecule has 37 heavy (non-hydrogen) atoms. The number of likely N-dealkylation sites (N-methyl/N-ethyl adjacent to an activating group) is 1. The molecule has 0 unspecified atom stereocenters. The van der Waals surface area contributed by atoms with Gasteiger partial charge >= 0.3 is 0 Å². The van der Waals surface area contributed by atoms with Crippen LogP contribution in [-0.4, -0.2) is 65.0 Å². The highest BCUT2D eigenvalue weighted by Gasteiger charge is 2.25. The summed E-state index contributed by atoms with van der Waals surface area (Å²) in [6.07, 6.45) is 1.16. The van der Waals surface area contributed by atoms with Gasteiger partial charge in [0, 0.05) is 12.5 Å². The van der Waals surface area contributed by atoms with Crippen molar-refractivity contribution in [1.82, 2.24) is 19.9 Å². The summed E-state index contributed by atoms with van der Waals surface area (Å²) in [5.74, 6) is 1.27. The highest BCUT2D eigenvalue weighted by molar-refractivity contribution is 6.31. The molecule has 1 aromatic carbocycles. The van der Waals surface area contributed by atoms with Gasteiger partial charge in [-0.25, -0.2) is 19.1 Å². The van der Waals surface area contributed by atoms with Gasteiger partial charge in [0.2, 0.25) is 0 Å². The second kappa shape index (κ2) is 11.7. The molecule has 0 aliphatic heterocycles. The zero-order valence-electron chi connectivity index (χ0n) is 22.2. The molecule has 12 heteroatoms. The van der Waals surface area contributed by atoms with Gasteiger partial charge in [-0.2, -0.15) is 0 Å². The van der Waals surface area contributed by atoms with Crippen molar-refractivity contribution in [2.75, 3.05) is 45.8 Å². The van der Waals surface area contributed by atoms with Gasteiger partial charge < -0.3 is 26.0 Å². The molecule has 0 aliphatic rings. The summed E-state index contributed by atoms with van der Waals surface area (Å²) in [4.78, 5) is 32.8. The van der Waals surface area contributed by atoms with E-state index < -0.39 is 5.91 Å². The van der Waals surface area contributed by atoms with Gasteiger partial charge in [-0.05, 0) is 32.4 Å². The van der Waals surface area contributed by atoms with Crippen LogP contribution >= 0.6 is 11.6 Å². The molecule has 0 saturated carbocycles. The Morgan fingerprint density at radius 2 is 1.89 bits per heavy atom. The molecular formula is C25H37ClN8O3+2. The summed E-state index contributed by atoms with van der Waals surface area (Å²) in [5.41, 5.74) is 13.4. The maximum absolute atomic E-state index is 12.8. The van der Waals surface area contributed by atoms with E-state index in [4.69, 9.17) is 27.8 Å². The number of ketones is 1. The number of imidazole rings is 1. The van der Waals surface area contributed by atoms with E-state index in [1.165, 1.54) is 0 Å². The Kier molecular flexibility index (Phi) is 8.93. The second-order valence-electron chi connectivity index (χ2n) is 9.81. The Labute approximate surface area is 222 Å². The number of ether oxygens (including phenoxy) is 1. The van der Waals surface area contributed by atoms with Crippen molar-refractivity contribution in [1.29, 1.82) is 0 Å². The van der Waals surface area contributed by atoms with Crippen LogP contribution in [0, 0.1) is 0 Å². The van der Waals surface area contributed by atoms with Gasteiger partial charge in [-0.15, -0.1) is 0 Å². The Hall–Kier alpha value is -3.44. The van der Waals surface area contributed by atoms with Gasteiger partial charge in [0.15, 0.2) is 39.3 Å². The predicted molar refractivity (Wildman–Crippen MR) is 143 cm³/mol. The molecule has 5 N–H and O–H groups in total. The topological polar surface area (TPSA) is 142 Å². The van der Waals surface area contributed by atoms with Crippen LogP contribution in [0.15, 0.2) is 18.2 Å². The van der Waals surface area contributed by atoms with Crippen molar-refractivity contribution in [2.24, 2.45) is 0 Å². The van der Waals surface area contributed by atoms with Crippen LogP contribution in [0.1, 0.15) is 43.0 Å². The molecule has 0 aliphatic carbocycles. The van der Waals surface area contributed by atoms with E-state index in [0.29, 0.717) is 43.6 Å².